The molecule has 2 aromatic rings. The summed E-state index contributed by atoms with van der Waals surface area (Å²) in [7, 11) is 0. The fourth-order valence-electron chi connectivity index (χ4n) is 1.97. The maximum absolute atomic E-state index is 5.71. The van der Waals surface area contributed by atoms with Crippen LogP contribution in [0.3, 0.4) is 0 Å². The van der Waals surface area contributed by atoms with Crippen LogP contribution in [0.25, 0.3) is 11.0 Å². The van der Waals surface area contributed by atoms with E-state index in [1.807, 2.05) is 13.0 Å². The van der Waals surface area contributed by atoms with Crippen molar-refractivity contribution in [3.8, 4) is 0 Å². The SMILES string of the molecule is Cc1ccc2oc(C)c(CCCN)c2c1. The van der Waals surface area contributed by atoms with E-state index in [0.717, 1.165) is 30.7 Å². The first kappa shape index (κ1) is 10.2. The van der Waals surface area contributed by atoms with Crippen LogP contribution in [0.1, 0.15) is 23.3 Å². The van der Waals surface area contributed by atoms with Gasteiger partial charge in [-0.25, -0.2) is 0 Å². The zero-order valence-electron chi connectivity index (χ0n) is 9.34. The lowest BCUT2D eigenvalue weighted by Gasteiger charge is -1.98. The standard InChI is InChI=1S/C13H17NO/c1-9-5-6-13-12(8-9)11(4-3-7-14)10(2)15-13/h5-6,8H,3-4,7,14H2,1-2H3. The Morgan fingerprint density at radius 2 is 2.07 bits per heavy atom. The fourth-order valence-corrected chi connectivity index (χ4v) is 1.97. The highest BCUT2D eigenvalue weighted by Crippen LogP contribution is 2.27. The van der Waals surface area contributed by atoms with Crippen molar-refractivity contribution >= 4 is 11.0 Å². The van der Waals surface area contributed by atoms with Gasteiger partial charge in [-0.2, -0.15) is 0 Å². The molecule has 0 atom stereocenters. The zero-order chi connectivity index (χ0) is 10.8. The summed E-state index contributed by atoms with van der Waals surface area (Å²) in [5.74, 6) is 1.03. The first-order valence-electron chi connectivity index (χ1n) is 5.41. The van der Waals surface area contributed by atoms with Crippen LogP contribution < -0.4 is 5.73 Å². The fraction of sp³-hybridized carbons (Fsp3) is 0.385. The number of aryl methyl sites for hydroxylation is 3. The van der Waals surface area contributed by atoms with Crippen molar-refractivity contribution < 1.29 is 4.42 Å². The van der Waals surface area contributed by atoms with Gasteiger partial charge in [0.25, 0.3) is 0 Å². The predicted octanol–water partition coefficient (Wildman–Crippen LogP) is 2.94. The number of fused-ring (bicyclic) bond motifs is 1. The molecule has 2 N–H and O–H groups in total. The van der Waals surface area contributed by atoms with Gasteiger partial charge in [0.2, 0.25) is 0 Å². The lowest BCUT2D eigenvalue weighted by molar-refractivity contribution is 0.570. The molecule has 0 radical (unpaired) electrons. The van der Waals surface area contributed by atoms with E-state index in [4.69, 9.17) is 10.2 Å². The van der Waals surface area contributed by atoms with E-state index in [1.165, 1.54) is 16.5 Å². The summed E-state index contributed by atoms with van der Waals surface area (Å²) in [4.78, 5) is 0. The molecule has 2 heteroatoms. The molecule has 1 heterocycles. The Labute approximate surface area is 90.1 Å². The van der Waals surface area contributed by atoms with Crippen LogP contribution >= 0.6 is 0 Å². The van der Waals surface area contributed by atoms with Crippen molar-refractivity contribution in [1.29, 1.82) is 0 Å². The van der Waals surface area contributed by atoms with Gasteiger partial charge in [-0.05, 0) is 45.4 Å². The molecule has 0 aliphatic heterocycles. The monoisotopic (exact) mass is 203 g/mol. The number of nitrogens with two attached hydrogens (primary N) is 1. The summed E-state index contributed by atoms with van der Waals surface area (Å²) >= 11 is 0. The van der Waals surface area contributed by atoms with Gasteiger partial charge < -0.3 is 10.2 Å². The predicted molar refractivity (Wildman–Crippen MR) is 63.1 cm³/mol. The van der Waals surface area contributed by atoms with E-state index in [0.29, 0.717) is 0 Å². The average molecular weight is 203 g/mol. The minimum Gasteiger partial charge on any atom is -0.461 e. The van der Waals surface area contributed by atoms with Gasteiger partial charge in [0.05, 0.1) is 0 Å². The van der Waals surface area contributed by atoms with Gasteiger partial charge >= 0.3 is 0 Å². The molecule has 0 saturated heterocycles. The topological polar surface area (TPSA) is 39.2 Å². The molecule has 15 heavy (non-hydrogen) atoms. The third-order valence-corrected chi connectivity index (χ3v) is 2.78. The summed E-state index contributed by atoms with van der Waals surface area (Å²) in [5, 5.41) is 1.25. The lowest BCUT2D eigenvalue weighted by atomic mass is 10.0. The van der Waals surface area contributed by atoms with Gasteiger partial charge in [0.1, 0.15) is 11.3 Å². The summed E-state index contributed by atoms with van der Waals surface area (Å²) in [6.45, 7) is 4.87. The Balaban J connectivity index is 2.50. The second-order valence-electron chi connectivity index (χ2n) is 4.03. The molecule has 1 aromatic heterocycles. The zero-order valence-corrected chi connectivity index (χ0v) is 9.34. The van der Waals surface area contributed by atoms with Crippen LogP contribution in [-0.4, -0.2) is 6.54 Å². The first-order valence-corrected chi connectivity index (χ1v) is 5.41. The smallest absolute Gasteiger partial charge is 0.134 e. The van der Waals surface area contributed by atoms with Crippen molar-refractivity contribution in [1.82, 2.24) is 0 Å². The molecular formula is C13H17NO. The molecule has 0 aliphatic carbocycles. The summed E-state index contributed by atoms with van der Waals surface area (Å²) in [5.41, 5.74) is 9.12. The summed E-state index contributed by atoms with van der Waals surface area (Å²) in [6.07, 6.45) is 2.03. The van der Waals surface area contributed by atoms with E-state index in [1.54, 1.807) is 0 Å². The molecule has 0 amide bonds. The number of hydrogen-bond acceptors (Lipinski definition) is 2. The van der Waals surface area contributed by atoms with Crippen LogP contribution in [0.4, 0.5) is 0 Å². The van der Waals surface area contributed by atoms with Crippen molar-refractivity contribution in [3.63, 3.8) is 0 Å². The molecule has 2 rings (SSSR count). The quantitative estimate of drug-likeness (QED) is 0.833. The maximum atomic E-state index is 5.71. The van der Waals surface area contributed by atoms with Crippen LogP contribution in [0, 0.1) is 13.8 Å². The molecule has 0 bridgehead atoms. The summed E-state index contributed by atoms with van der Waals surface area (Å²) < 4.78 is 5.71. The molecule has 0 spiro atoms. The van der Waals surface area contributed by atoms with Gasteiger partial charge in [-0.3, -0.25) is 0 Å². The van der Waals surface area contributed by atoms with Crippen LogP contribution in [0.15, 0.2) is 22.6 Å². The minimum atomic E-state index is 0.734. The Hall–Kier alpha value is -1.28. The number of furan rings is 1. The van der Waals surface area contributed by atoms with Crippen molar-refractivity contribution in [2.45, 2.75) is 26.7 Å². The van der Waals surface area contributed by atoms with E-state index in [-0.39, 0.29) is 0 Å². The number of benzene rings is 1. The molecule has 0 unspecified atom stereocenters. The highest BCUT2D eigenvalue weighted by Gasteiger charge is 2.09. The average Bonchev–Trinajstić information content (AvgIpc) is 2.51. The molecule has 2 nitrogen and oxygen atoms in total. The van der Waals surface area contributed by atoms with Gasteiger partial charge in [-0.15, -0.1) is 0 Å². The van der Waals surface area contributed by atoms with Gasteiger partial charge in [0, 0.05) is 10.9 Å². The van der Waals surface area contributed by atoms with Gasteiger partial charge in [-0.1, -0.05) is 11.6 Å². The lowest BCUT2D eigenvalue weighted by Crippen LogP contribution is -2.00. The molecule has 1 aromatic carbocycles. The van der Waals surface area contributed by atoms with E-state index in [9.17, 15) is 0 Å². The highest BCUT2D eigenvalue weighted by atomic mass is 16.3. The molecular weight excluding hydrogens is 186 g/mol. The van der Waals surface area contributed by atoms with Crippen LogP contribution in [0.5, 0.6) is 0 Å². The minimum absolute atomic E-state index is 0.734. The second kappa shape index (κ2) is 4.07. The Morgan fingerprint density at radius 1 is 1.27 bits per heavy atom. The molecule has 0 aliphatic rings. The highest BCUT2D eigenvalue weighted by molar-refractivity contribution is 5.82. The maximum Gasteiger partial charge on any atom is 0.134 e. The largest absolute Gasteiger partial charge is 0.461 e. The summed E-state index contributed by atoms with van der Waals surface area (Å²) in [6, 6.07) is 6.32. The third kappa shape index (κ3) is 1.90. The van der Waals surface area contributed by atoms with E-state index >= 15 is 0 Å². The molecule has 0 saturated carbocycles. The first-order chi connectivity index (χ1) is 7.22. The number of hydrogen-bond donors (Lipinski definition) is 1. The van der Waals surface area contributed by atoms with Crippen molar-refractivity contribution in [3.05, 3.63) is 35.1 Å². The van der Waals surface area contributed by atoms with Crippen molar-refractivity contribution in [2.24, 2.45) is 5.73 Å². The number of rotatable bonds is 3. The van der Waals surface area contributed by atoms with E-state index in [2.05, 4.69) is 19.1 Å². The van der Waals surface area contributed by atoms with Crippen LogP contribution in [-0.2, 0) is 6.42 Å². The Kier molecular flexibility index (Phi) is 2.78. The Bertz CT molecular complexity index is 471. The third-order valence-electron chi connectivity index (χ3n) is 2.78. The van der Waals surface area contributed by atoms with Crippen molar-refractivity contribution in [2.75, 3.05) is 6.54 Å². The Morgan fingerprint density at radius 3 is 2.80 bits per heavy atom. The normalized spacial score (nSPS) is 11.1. The second-order valence-corrected chi connectivity index (χ2v) is 4.03. The van der Waals surface area contributed by atoms with Crippen LogP contribution in [0.2, 0.25) is 0 Å². The van der Waals surface area contributed by atoms with E-state index < -0.39 is 0 Å². The van der Waals surface area contributed by atoms with Gasteiger partial charge in [0.15, 0.2) is 0 Å². The molecule has 80 valence electrons. The molecule has 0 fully saturated rings.